The molecule has 2 aromatic rings. The molecule has 2 unspecified atom stereocenters. The fraction of sp³-hybridized carbons (Fsp3) is 0.350. The number of carboxylic acid groups (broad SMARTS) is 2. The van der Waals surface area contributed by atoms with Crippen LogP contribution in [0.5, 0.6) is 0 Å². The summed E-state index contributed by atoms with van der Waals surface area (Å²) in [4.78, 5) is 26.5. The van der Waals surface area contributed by atoms with Crippen LogP contribution in [0.1, 0.15) is 30.7 Å². The van der Waals surface area contributed by atoms with E-state index in [1.165, 1.54) is 41.0 Å². The van der Waals surface area contributed by atoms with Crippen LogP contribution in [0.4, 0.5) is 0 Å². The molecule has 1 aromatic carbocycles. The quantitative estimate of drug-likeness (QED) is 0.783. The second-order valence-electron chi connectivity index (χ2n) is 6.71. The van der Waals surface area contributed by atoms with Gasteiger partial charge in [-0.15, -0.1) is 11.3 Å². The Labute approximate surface area is 161 Å². The minimum Gasteiger partial charge on any atom is -0.478 e. The number of carboxylic acids is 2. The predicted octanol–water partition coefficient (Wildman–Crippen LogP) is 3.65. The molecule has 6 nitrogen and oxygen atoms in total. The topological polar surface area (TPSA) is 90.7 Å². The molecule has 2 aliphatic rings. The normalized spacial score (nSPS) is 22.2. The Kier molecular flexibility index (Phi) is 6.03. The third-order valence-corrected chi connectivity index (χ3v) is 6.03. The second kappa shape index (κ2) is 8.45. The van der Waals surface area contributed by atoms with Crippen molar-refractivity contribution in [2.75, 3.05) is 7.05 Å². The number of piperidine rings is 1. The highest BCUT2D eigenvalue weighted by atomic mass is 32.1. The van der Waals surface area contributed by atoms with Gasteiger partial charge in [-0.2, -0.15) is 0 Å². The number of carbonyl (C=O) groups is 2. The van der Waals surface area contributed by atoms with E-state index in [0.717, 1.165) is 11.6 Å². The van der Waals surface area contributed by atoms with Crippen molar-refractivity contribution in [3.05, 3.63) is 47.5 Å². The number of rotatable bonds is 3. The number of para-hydroxylation sites is 1. The maximum Gasteiger partial charge on any atom is 0.328 e. The zero-order chi connectivity index (χ0) is 19.4. The molecule has 1 aromatic heterocycles. The lowest BCUT2D eigenvalue weighted by atomic mass is 9.86. The van der Waals surface area contributed by atoms with E-state index in [0.29, 0.717) is 18.2 Å². The smallest absolute Gasteiger partial charge is 0.328 e. The number of aliphatic carboxylic acids is 2. The van der Waals surface area contributed by atoms with Crippen LogP contribution in [0.15, 0.2) is 42.5 Å². The molecule has 0 saturated carbocycles. The Morgan fingerprint density at radius 1 is 1.19 bits per heavy atom. The summed E-state index contributed by atoms with van der Waals surface area (Å²) in [5.74, 6) is -2.51. The third kappa shape index (κ3) is 4.81. The van der Waals surface area contributed by atoms with Gasteiger partial charge in [-0.25, -0.2) is 14.6 Å². The van der Waals surface area contributed by atoms with E-state index in [4.69, 9.17) is 15.2 Å². The zero-order valence-electron chi connectivity index (χ0n) is 15.0. The maximum absolute atomic E-state index is 9.55. The molecule has 0 spiro atoms. The number of likely N-dealkylation sites (N-methyl/N-ethyl adjacent to an activating group) is 1. The highest BCUT2D eigenvalue weighted by molar-refractivity contribution is 7.19. The van der Waals surface area contributed by atoms with Crippen molar-refractivity contribution in [2.24, 2.45) is 0 Å². The maximum atomic E-state index is 9.55. The molecule has 1 fully saturated rings. The molecule has 27 heavy (non-hydrogen) atoms. The third-order valence-electron chi connectivity index (χ3n) is 4.92. The van der Waals surface area contributed by atoms with Crippen molar-refractivity contribution in [3.63, 3.8) is 0 Å². The number of fused-ring (bicyclic) bond motifs is 3. The lowest BCUT2D eigenvalue weighted by molar-refractivity contribution is -0.134. The van der Waals surface area contributed by atoms with Gasteiger partial charge in [0.25, 0.3) is 0 Å². The van der Waals surface area contributed by atoms with E-state index < -0.39 is 11.9 Å². The number of hydrogen-bond acceptors (Lipinski definition) is 5. The summed E-state index contributed by atoms with van der Waals surface area (Å²) >= 11 is 1.85. The molecule has 0 amide bonds. The van der Waals surface area contributed by atoms with E-state index in [1.54, 1.807) is 0 Å². The first-order valence-corrected chi connectivity index (χ1v) is 9.68. The van der Waals surface area contributed by atoms with Crippen molar-refractivity contribution < 1.29 is 19.8 Å². The fourth-order valence-electron chi connectivity index (χ4n) is 3.55. The summed E-state index contributed by atoms with van der Waals surface area (Å²) in [6.07, 6.45) is 8.78. The predicted molar refractivity (Wildman–Crippen MR) is 106 cm³/mol. The standard InChI is InChI=1S/C16H18N2S.C4H4O4/c1-18-12-5-4-6-13(18)10-11(9-12)16-17-14-7-2-3-8-15(14)19-16;5-3(6)1-2-4(7)8/h2-3,7-9,12-13H,4-6,10H2,1H3;1-2H,(H,5,6)(H,7,8)/b;2-1+. The number of hydrogen-bond donors (Lipinski definition) is 2. The largest absolute Gasteiger partial charge is 0.478 e. The van der Waals surface area contributed by atoms with E-state index in [2.05, 4.69) is 42.3 Å². The lowest BCUT2D eigenvalue weighted by Gasteiger charge is -2.42. The van der Waals surface area contributed by atoms with E-state index in [-0.39, 0.29) is 0 Å². The van der Waals surface area contributed by atoms with Gasteiger partial charge in [0.05, 0.1) is 10.2 Å². The molecule has 0 aliphatic carbocycles. The van der Waals surface area contributed by atoms with Gasteiger partial charge < -0.3 is 10.2 Å². The molecule has 2 atom stereocenters. The first-order valence-electron chi connectivity index (χ1n) is 8.86. The zero-order valence-corrected chi connectivity index (χ0v) is 15.9. The van der Waals surface area contributed by atoms with Gasteiger partial charge in [-0.1, -0.05) is 24.6 Å². The van der Waals surface area contributed by atoms with Gasteiger partial charge in [0.15, 0.2) is 0 Å². The van der Waals surface area contributed by atoms with Gasteiger partial charge in [-0.05, 0) is 44.0 Å². The lowest BCUT2D eigenvalue weighted by Crippen LogP contribution is -2.45. The summed E-state index contributed by atoms with van der Waals surface area (Å²) in [7, 11) is 2.28. The van der Waals surface area contributed by atoms with Crippen LogP contribution < -0.4 is 0 Å². The average molecular weight is 386 g/mol. The minimum absolute atomic E-state index is 0.558. The van der Waals surface area contributed by atoms with Gasteiger partial charge >= 0.3 is 11.9 Å². The second-order valence-corrected chi connectivity index (χ2v) is 7.74. The van der Waals surface area contributed by atoms with Crippen LogP contribution in [0, 0.1) is 0 Å². The molecule has 4 rings (SSSR count). The minimum atomic E-state index is -1.26. The monoisotopic (exact) mass is 386 g/mol. The van der Waals surface area contributed by atoms with Crippen molar-refractivity contribution >= 4 is 39.1 Å². The summed E-state index contributed by atoms with van der Waals surface area (Å²) in [5, 5.41) is 16.9. The Balaban J connectivity index is 0.000000226. The Bertz CT molecular complexity index is 853. The SMILES string of the molecule is CN1C2C=C(c3nc4ccccc4s3)CC1CCC2.O=C(O)/C=C/C(=O)O. The van der Waals surface area contributed by atoms with Gasteiger partial charge in [0.2, 0.25) is 0 Å². The highest BCUT2D eigenvalue weighted by Crippen LogP contribution is 2.38. The Hall–Kier alpha value is -2.51. The van der Waals surface area contributed by atoms with E-state index in [1.807, 2.05) is 11.3 Å². The molecule has 0 radical (unpaired) electrons. The van der Waals surface area contributed by atoms with E-state index in [9.17, 15) is 9.59 Å². The molecular weight excluding hydrogens is 364 g/mol. The molecule has 3 heterocycles. The summed E-state index contributed by atoms with van der Waals surface area (Å²) in [6, 6.07) is 9.82. The van der Waals surface area contributed by atoms with E-state index >= 15 is 0 Å². The first-order chi connectivity index (χ1) is 12.9. The van der Waals surface area contributed by atoms with Crippen LogP contribution in [-0.2, 0) is 9.59 Å². The fourth-order valence-corrected chi connectivity index (χ4v) is 4.55. The summed E-state index contributed by atoms with van der Waals surface area (Å²) in [6.45, 7) is 0. The van der Waals surface area contributed by atoms with Crippen LogP contribution in [0.3, 0.4) is 0 Å². The highest BCUT2D eigenvalue weighted by Gasteiger charge is 2.32. The van der Waals surface area contributed by atoms with Crippen LogP contribution in [0.25, 0.3) is 15.8 Å². The Morgan fingerprint density at radius 2 is 1.89 bits per heavy atom. The number of benzene rings is 1. The average Bonchev–Trinajstić information content (AvgIpc) is 3.04. The molecule has 1 saturated heterocycles. The van der Waals surface area contributed by atoms with Crippen molar-refractivity contribution in [1.29, 1.82) is 0 Å². The summed E-state index contributed by atoms with van der Waals surface area (Å²) < 4.78 is 1.31. The van der Waals surface area contributed by atoms with Crippen molar-refractivity contribution in [1.82, 2.24) is 9.88 Å². The van der Waals surface area contributed by atoms with Gasteiger partial charge in [0.1, 0.15) is 5.01 Å². The number of nitrogens with zero attached hydrogens (tertiary/aromatic N) is 2. The molecule has 7 heteroatoms. The Morgan fingerprint density at radius 3 is 2.52 bits per heavy atom. The first kappa shape index (κ1) is 19.3. The molecular formula is C20H22N2O4S. The molecule has 142 valence electrons. The van der Waals surface area contributed by atoms with Crippen LogP contribution in [0.2, 0.25) is 0 Å². The van der Waals surface area contributed by atoms with Gasteiger partial charge in [0, 0.05) is 24.2 Å². The molecule has 2 aliphatic heterocycles. The van der Waals surface area contributed by atoms with Crippen molar-refractivity contribution in [2.45, 2.75) is 37.8 Å². The van der Waals surface area contributed by atoms with Crippen LogP contribution in [-0.4, -0.2) is 51.2 Å². The van der Waals surface area contributed by atoms with Gasteiger partial charge in [-0.3, -0.25) is 4.90 Å². The molecule has 2 N–H and O–H groups in total. The number of thiazole rings is 1. The van der Waals surface area contributed by atoms with Crippen molar-refractivity contribution in [3.8, 4) is 0 Å². The molecule has 2 bridgehead atoms. The number of aromatic nitrogens is 1. The van der Waals surface area contributed by atoms with Crippen LogP contribution >= 0.6 is 11.3 Å². The summed E-state index contributed by atoms with van der Waals surface area (Å²) in [5.41, 5.74) is 2.63.